The Bertz CT molecular complexity index is 1490. The third-order valence-electron chi connectivity index (χ3n) is 5.00. The molecule has 5 N–H and O–H groups in total. The molecule has 0 atom stereocenters. The van der Waals surface area contributed by atoms with Gasteiger partial charge < -0.3 is 10.7 Å². The van der Waals surface area contributed by atoms with Crippen LogP contribution in [-0.2, 0) is 19.9 Å². The SMILES string of the molecule is CCCCS(=O)(=O)c1ccc(-c2cccc3[nH]c(N)nc23)c(C2=NCN=N2)c1S(N)(=O)=O. The van der Waals surface area contributed by atoms with Crippen LogP contribution in [0.2, 0.25) is 0 Å². The van der Waals surface area contributed by atoms with Gasteiger partial charge in [0.1, 0.15) is 4.90 Å². The maximum Gasteiger partial charge on any atom is 0.240 e. The Morgan fingerprint density at radius 1 is 1.09 bits per heavy atom. The predicted molar refractivity (Wildman–Crippen MR) is 121 cm³/mol. The number of benzene rings is 2. The number of azo groups is 1. The second-order valence-corrected chi connectivity index (χ2v) is 10.8. The van der Waals surface area contributed by atoms with Crippen molar-refractivity contribution >= 4 is 42.7 Å². The number of sulfonamides is 1. The van der Waals surface area contributed by atoms with Gasteiger partial charge in [-0.2, -0.15) is 5.11 Å². The van der Waals surface area contributed by atoms with E-state index in [1.165, 1.54) is 12.1 Å². The van der Waals surface area contributed by atoms with Gasteiger partial charge in [0.2, 0.25) is 10.0 Å². The van der Waals surface area contributed by atoms with Crippen LogP contribution in [0.25, 0.3) is 22.2 Å². The predicted octanol–water partition coefficient (Wildman–Crippen LogP) is 2.20. The summed E-state index contributed by atoms with van der Waals surface area (Å²) < 4.78 is 51.6. The van der Waals surface area contributed by atoms with Crippen molar-refractivity contribution in [3.8, 4) is 11.1 Å². The molecule has 0 fully saturated rings. The highest BCUT2D eigenvalue weighted by Gasteiger charge is 2.32. The molecule has 32 heavy (non-hydrogen) atoms. The Morgan fingerprint density at radius 3 is 2.53 bits per heavy atom. The van der Waals surface area contributed by atoms with Gasteiger partial charge in [-0.15, -0.1) is 5.11 Å². The highest BCUT2D eigenvalue weighted by Crippen LogP contribution is 2.37. The molecule has 1 aromatic heterocycles. The van der Waals surface area contributed by atoms with Crippen molar-refractivity contribution < 1.29 is 16.8 Å². The highest BCUT2D eigenvalue weighted by atomic mass is 32.2. The summed E-state index contributed by atoms with van der Waals surface area (Å²) in [6.07, 6.45) is 0.994. The molecule has 0 unspecified atom stereocenters. The van der Waals surface area contributed by atoms with Crippen LogP contribution in [0.4, 0.5) is 5.95 Å². The topological polar surface area (TPSA) is 186 Å². The number of fused-ring (bicyclic) bond motifs is 1. The number of nitrogen functional groups attached to an aromatic ring is 1. The molecule has 11 nitrogen and oxygen atoms in total. The highest BCUT2D eigenvalue weighted by molar-refractivity contribution is 7.93. The molecule has 13 heteroatoms. The Labute approximate surface area is 184 Å². The van der Waals surface area contributed by atoms with E-state index in [-0.39, 0.29) is 34.7 Å². The van der Waals surface area contributed by atoms with E-state index < -0.39 is 24.8 Å². The number of rotatable bonds is 7. The maximum absolute atomic E-state index is 13.0. The first-order valence-corrected chi connectivity index (χ1v) is 12.9. The fourth-order valence-corrected chi connectivity index (χ4v) is 6.72. The van der Waals surface area contributed by atoms with E-state index in [1.54, 1.807) is 18.2 Å². The van der Waals surface area contributed by atoms with Crippen LogP contribution in [0.5, 0.6) is 0 Å². The molecule has 0 saturated carbocycles. The van der Waals surface area contributed by atoms with Crippen molar-refractivity contribution in [3.05, 3.63) is 35.9 Å². The Morgan fingerprint density at radius 2 is 1.88 bits per heavy atom. The first-order chi connectivity index (χ1) is 15.1. The smallest absolute Gasteiger partial charge is 0.240 e. The summed E-state index contributed by atoms with van der Waals surface area (Å²) in [5, 5.41) is 13.3. The summed E-state index contributed by atoms with van der Waals surface area (Å²) in [6, 6.07) is 7.98. The molecule has 168 valence electrons. The number of nitrogens with two attached hydrogens (primary N) is 2. The third-order valence-corrected chi connectivity index (χ3v) is 7.96. The second-order valence-electron chi connectivity index (χ2n) is 7.22. The molecule has 0 amide bonds. The summed E-state index contributed by atoms with van der Waals surface area (Å²) in [6.45, 7) is 1.83. The number of unbranched alkanes of at least 4 members (excludes halogenated alkanes) is 1. The maximum atomic E-state index is 13.0. The molecule has 0 saturated heterocycles. The first kappa shape index (κ1) is 22.0. The van der Waals surface area contributed by atoms with Gasteiger partial charge in [0.05, 0.1) is 27.2 Å². The number of anilines is 1. The van der Waals surface area contributed by atoms with Gasteiger partial charge in [-0.3, -0.25) is 0 Å². The monoisotopic (exact) mass is 475 g/mol. The lowest BCUT2D eigenvalue weighted by atomic mass is 9.97. The van der Waals surface area contributed by atoms with Gasteiger partial charge in [-0.25, -0.2) is 32.0 Å². The number of imidazole rings is 1. The van der Waals surface area contributed by atoms with E-state index in [4.69, 9.17) is 10.9 Å². The Balaban J connectivity index is 2.12. The third kappa shape index (κ3) is 3.89. The lowest BCUT2D eigenvalue weighted by Crippen LogP contribution is -2.22. The Hall–Kier alpha value is -3.16. The van der Waals surface area contributed by atoms with Crippen LogP contribution in [0, 0.1) is 0 Å². The summed E-state index contributed by atoms with van der Waals surface area (Å²) in [5.41, 5.74) is 7.74. The van der Waals surface area contributed by atoms with Gasteiger partial charge in [-0.1, -0.05) is 31.5 Å². The summed E-state index contributed by atoms with van der Waals surface area (Å²) in [5.74, 6) is -0.0565. The van der Waals surface area contributed by atoms with Crippen LogP contribution >= 0.6 is 0 Å². The second kappa shape index (κ2) is 8.07. The van der Waals surface area contributed by atoms with E-state index in [0.29, 0.717) is 35.0 Å². The Kier molecular flexibility index (Phi) is 5.56. The zero-order chi connectivity index (χ0) is 23.1. The van der Waals surface area contributed by atoms with E-state index in [2.05, 4.69) is 25.2 Å². The van der Waals surface area contributed by atoms with Gasteiger partial charge in [0, 0.05) is 5.56 Å². The minimum absolute atomic E-state index is 0.00873. The van der Waals surface area contributed by atoms with E-state index >= 15 is 0 Å². The first-order valence-electron chi connectivity index (χ1n) is 9.73. The normalized spacial score (nSPS) is 14.2. The van der Waals surface area contributed by atoms with Gasteiger partial charge in [-0.05, 0) is 24.1 Å². The number of aromatic nitrogens is 2. The van der Waals surface area contributed by atoms with E-state index in [1.807, 2.05) is 6.92 Å². The summed E-state index contributed by atoms with van der Waals surface area (Å²) in [7, 11) is -8.46. The van der Waals surface area contributed by atoms with Gasteiger partial charge in [0.15, 0.2) is 28.3 Å². The summed E-state index contributed by atoms with van der Waals surface area (Å²) >= 11 is 0. The fraction of sp³-hybridized carbons (Fsp3) is 0.263. The van der Waals surface area contributed by atoms with Gasteiger partial charge >= 0.3 is 0 Å². The molecule has 2 heterocycles. The average molecular weight is 476 g/mol. The minimum Gasteiger partial charge on any atom is -0.369 e. The largest absolute Gasteiger partial charge is 0.369 e. The van der Waals surface area contributed by atoms with E-state index in [0.717, 1.165) is 0 Å². The van der Waals surface area contributed by atoms with Crippen molar-refractivity contribution in [2.45, 2.75) is 29.6 Å². The number of H-pyrrole nitrogens is 1. The molecule has 0 spiro atoms. The number of aliphatic imine (C=N–C) groups is 1. The van der Waals surface area contributed by atoms with Crippen molar-refractivity contribution in [2.24, 2.45) is 20.4 Å². The van der Waals surface area contributed by atoms with Crippen LogP contribution in [-0.4, -0.2) is 45.1 Å². The molecule has 0 radical (unpaired) electrons. The number of nitrogens with one attached hydrogen (secondary N) is 1. The van der Waals surface area contributed by atoms with Crippen molar-refractivity contribution in [1.29, 1.82) is 0 Å². The van der Waals surface area contributed by atoms with Crippen molar-refractivity contribution in [3.63, 3.8) is 0 Å². The van der Waals surface area contributed by atoms with Crippen molar-refractivity contribution in [2.75, 3.05) is 18.2 Å². The number of para-hydroxylation sites is 1. The molecule has 1 aliphatic rings. The number of sulfone groups is 1. The number of hydrogen-bond donors (Lipinski definition) is 3. The van der Waals surface area contributed by atoms with Crippen LogP contribution in [0.1, 0.15) is 25.3 Å². The molecule has 3 aromatic rings. The quantitative estimate of drug-likeness (QED) is 0.470. The number of aromatic amines is 1. The average Bonchev–Trinajstić information content (AvgIpc) is 3.39. The molecule has 2 aromatic carbocycles. The molecule has 1 aliphatic heterocycles. The molecular formula is C19H21N7O4S2. The van der Waals surface area contributed by atoms with Gasteiger partial charge in [0.25, 0.3) is 0 Å². The number of hydrogen-bond acceptors (Lipinski definition) is 9. The number of amidine groups is 1. The lowest BCUT2D eigenvalue weighted by Gasteiger charge is -2.17. The number of primary sulfonamides is 1. The molecule has 4 rings (SSSR count). The zero-order valence-corrected chi connectivity index (χ0v) is 18.7. The van der Waals surface area contributed by atoms with Crippen LogP contribution in [0.3, 0.4) is 0 Å². The van der Waals surface area contributed by atoms with Crippen molar-refractivity contribution in [1.82, 2.24) is 9.97 Å². The minimum atomic E-state index is -4.50. The molecular weight excluding hydrogens is 454 g/mol. The fourth-order valence-electron chi connectivity index (χ4n) is 3.61. The molecule has 0 aliphatic carbocycles. The standard InChI is InChI=1S/C19H21N7O4S2/c1-2-3-9-31(27,28)14-8-7-11(12-5-4-6-13-16(12)25-19(20)24-13)15(17(14)32(21,29)30)18-22-10-23-26-18/h4-8H,2-3,9-10H2,1H3,(H3,20,24,25)(H2,21,29,30). The lowest BCUT2D eigenvalue weighted by molar-refractivity contribution is 0.581. The summed E-state index contributed by atoms with van der Waals surface area (Å²) in [4.78, 5) is 10.4. The number of nitrogens with zero attached hydrogens (tertiary/aromatic N) is 4. The van der Waals surface area contributed by atoms with Crippen LogP contribution in [0.15, 0.2) is 55.3 Å². The van der Waals surface area contributed by atoms with E-state index in [9.17, 15) is 16.8 Å². The zero-order valence-electron chi connectivity index (χ0n) is 17.1. The molecule has 0 bridgehead atoms. The van der Waals surface area contributed by atoms with Crippen LogP contribution < -0.4 is 10.9 Å².